The predicted octanol–water partition coefficient (Wildman–Crippen LogP) is 9.14. The summed E-state index contributed by atoms with van der Waals surface area (Å²) in [4.78, 5) is 46.5. The highest BCUT2D eigenvalue weighted by atomic mass is 16.5. The Morgan fingerprint density at radius 1 is 0.654 bits per heavy atom. The Kier molecular flexibility index (Phi) is 23.2. The predicted molar refractivity (Wildman–Crippen MR) is 317 cm³/mol. The molecule has 2 unspecified atom stereocenters. The lowest BCUT2D eigenvalue weighted by Gasteiger charge is -2.36. The molecule has 4 heterocycles. The van der Waals surface area contributed by atoms with E-state index >= 15 is 0 Å². The molecule has 5 N–H and O–H groups in total. The van der Waals surface area contributed by atoms with Gasteiger partial charge in [-0.25, -0.2) is 0 Å². The number of likely N-dealkylation sites (tertiary alicyclic amines) is 2. The van der Waals surface area contributed by atoms with Crippen molar-refractivity contribution in [1.82, 2.24) is 50.6 Å². The summed E-state index contributed by atoms with van der Waals surface area (Å²) >= 11 is 0. The summed E-state index contributed by atoms with van der Waals surface area (Å²) in [6, 6.07) is 14.8. The maximum atomic E-state index is 14.3. The number of carbonyl (C=O) groups is 3. The topological polar surface area (TPSA) is 199 Å². The molecule has 0 bridgehead atoms. The molecule has 2 aromatic carbocycles. The van der Waals surface area contributed by atoms with Crippen molar-refractivity contribution in [2.75, 3.05) is 67.2 Å². The van der Waals surface area contributed by atoms with E-state index in [1.54, 1.807) is 21.3 Å². The molecule has 0 radical (unpaired) electrons. The fraction of sp³-hybridized carbons (Fsp3) is 0.667. The third kappa shape index (κ3) is 17.0. The Bertz CT molecular complexity index is 2590. The highest BCUT2D eigenvalue weighted by Crippen LogP contribution is 2.42. The normalized spacial score (nSPS) is 19.4. The van der Waals surface area contributed by atoms with E-state index in [9.17, 15) is 19.5 Å². The molecule has 8 rings (SSSR count). The van der Waals surface area contributed by atoms with E-state index in [0.717, 1.165) is 132 Å². The summed E-state index contributed by atoms with van der Waals surface area (Å²) in [6.07, 6.45) is 15.5. The van der Waals surface area contributed by atoms with Gasteiger partial charge in [0.05, 0.1) is 50.5 Å². The van der Waals surface area contributed by atoms with Gasteiger partial charge in [0.2, 0.25) is 11.8 Å². The second-order valence-corrected chi connectivity index (χ2v) is 23.6. The van der Waals surface area contributed by atoms with Gasteiger partial charge in [-0.2, -0.15) is 10.2 Å². The summed E-state index contributed by atoms with van der Waals surface area (Å²) < 4.78 is 28.2. The number of nitrogens with zero attached hydrogens (tertiary/aromatic N) is 6. The molecule has 4 aromatic rings. The van der Waals surface area contributed by atoms with Crippen molar-refractivity contribution < 1.29 is 38.4 Å². The van der Waals surface area contributed by atoms with E-state index in [2.05, 4.69) is 58.8 Å². The molecular weight excluding hydrogens is 1020 g/mol. The number of piperidine rings is 2. The molecule has 2 aliphatic heterocycles. The van der Waals surface area contributed by atoms with Crippen LogP contribution in [0.25, 0.3) is 22.5 Å². The molecule has 2 saturated heterocycles. The standard InChI is InChI=1S/C63H96N10O8/c1-8-43(4)40-72-53(39-50(68-72)62(76)66-47(26-32-70-28-13-11-14-29-70)36-58(74)64-46-20-17-21-46)61-56(80-7)24-19-25-57(61)81-42-45-34-49(35-45)65-59(75)37-48(27-33-71-30-15-12-16-31-71)67-63(77)51-38-52(73(69-51)41-44(9-2)10-3)60-54(78-5)22-18-23-55(60)79-6/h18-19,22-25,38-39,43-49,62,66,76H,8-17,20-21,26-37,40-42H2,1-7H3,(H,64,74)(H,65,75)(H,67,77)/t43?,45?,47-,48-,49?,62?/m0/s1. The highest BCUT2D eigenvalue weighted by Gasteiger charge is 2.34. The number of rotatable bonds is 32. The van der Waals surface area contributed by atoms with E-state index in [1.165, 1.54) is 25.7 Å². The molecule has 4 fully saturated rings. The van der Waals surface area contributed by atoms with Crippen molar-refractivity contribution >= 4 is 17.7 Å². The van der Waals surface area contributed by atoms with Crippen LogP contribution in [0, 0.1) is 17.8 Å². The SMILES string of the molecule is CCC(C)Cn1nc(C(O)N[C@@H](CCN2CCCCC2)CC(=O)NC2CCC2)cc1-c1c(OC)cccc1OCC1CC(NC(=O)C[C@H](CCN2CCCCC2)NC(=O)c2cc(-c3c(OC)cccc3OC)n(CC(CC)CC)n2)C1. The van der Waals surface area contributed by atoms with Gasteiger partial charge in [0.25, 0.3) is 5.91 Å². The Labute approximate surface area is 482 Å². The van der Waals surface area contributed by atoms with Gasteiger partial charge in [-0.05, 0) is 158 Å². The molecule has 4 aliphatic rings. The number of ether oxygens (including phenoxy) is 4. The molecule has 18 heteroatoms. The molecule has 2 aliphatic carbocycles. The number of aliphatic hydroxyl groups is 1. The van der Waals surface area contributed by atoms with Gasteiger partial charge in [0, 0.05) is 56.6 Å². The first-order valence-electron chi connectivity index (χ1n) is 30.8. The van der Waals surface area contributed by atoms with Crippen LogP contribution in [0.5, 0.6) is 23.0 Å². The molecule has 18 nitrogen and oxygen atoms in total. The van der Waals surface area contributed by atoms with Gasteiger partial charge in [0.15, 0.2) is 5.69 Å². The van der Waals surface area contributed by atoms with Crippen molar-refractivity contribution in [3.63, 3.8) is 0 Å². The number of carbonyl (C=O) groups excluding carboxylic acids is 3. The molecule has 2 saturated carbocycles. The van der Waals surface area contributed by atoms with E-state index in [4.69, 9.17) is 29.1 Å². The molecule has 2 aromatic heterocycles. The average molecular weight is 1120 g/mol. The van der Waals surface area contributed by atoms with Crippen LogP contribution in [-0.4, -0.2) is 144 Å². The van der Waals surface area contributed by atoms with E-state index in [0.29, 0.717) is 66.6 Å². The van der Waals surface area contributed by atoms with E-state index in [1.807, 2.05) is 57.9 Å². The fourth-order valence-corrected chi connectivity index (χ4v) is 12.0. The third-order valence-electron chi connectivity index (χ3n) is 17.6. The smallest absolute Gasteiger partial charge is 0.272 e. The lowest BCUT2D eigenvalue weighted by Crippen LogP contribution is -2.48. The Morgan fingerprint density at radius 3 is 1.74 bits per heavy atom. The molecule has 81 heavy (non-hydrogen) atoms. The summed E-state index contributed by atoms with van der Waals surface area (Å²) in [7, 11) is 4.91. The number of hydrogen-bond donors (Lipinski definition) is 5. The number of methoxy groups -OCH3 is 3. The van der Waals surface area contributed by atoms with Crippen LogP contribution in [0.3, 0.4) is 0 Å². The quantitative estimate of drug-likeness (QED) is 0.0291. The van der Waals surface area contributed by atoms with Crippen molar-refractivity contribution in [2.24, 2.45) is 17.8 Å². The fourth-order valence-electron chi connectivity index (χ4n) is 12.0. The molecule has 0 spiro atoms. The number of aromatic nitrogens is 4. The number of hydrogen-bond acceptors (Lipinski definition) is 13. The summed E-state index contributed by atoms with van der Waals surface area (Å²) in [5, 5.41) is 35.0. The summed E-state index contributed by atoms with van der Waals surface area (Å²) in [5.41, 5.74) is 3.77. The monoisotopic (exact) mass is 1120 g/mol. The number of benzene rings is 2. The summed E-state index contributed by atoms with van der Waals surface area (Å²) in [5.74, 6) is 3.00. The molecule has 3 amide bonds. The van der Waals surface area contributed by atoms with E-state index < -0.39 is 12.3 Å². The zero-order valence-corrected chi connectivity index (χ0v) is 49.8. The van der Waals surface area contributed by atoms with Crippen LogP contribution in [0.2, 0.25) is 0 Å². The van der Waals surface area contributed by atoms with Crippen molar-refractivity contribution in [2.45, 2.75) is 187 Å². The highest BCUT2D eigenvalue weighted by molar-refractivity contribution is 5.94. The Balaban J connectivity index is 0.920. The van der Waals surface area contributed by atoms with Crippen LogP contribution in [-0.2, 0) is 22.7 Å². The minimum Gasteiger partial charge on any atom is -0.496 e. The van der Waals surface area contributed by atoms with Crippen LogP contribution < -0.4 is 40.2 Å². The zero-order valence-electron chi connectivity index (χ0n) is 49.8. The lowest BCUT2D eigenvalue weighted by atomic mass is 9.80. The third-order valence-corrected chi connectivity index (χ3v) is 17.6. The van der Waals surface area contributed by atoms with Crippen LogP contribution in [0.4, 0.5) is 0 Å². The number of nitrogens with one attached hydrogen (secondary N) is 4. The Morgan fingerprint density at radius 2 is 1.19 bits per heavy atom. The van der Waals surface area contributed by atoms with Gasteiger partial charge in [-0.15, -0.1) is 0 Å². The lowest BCUT2D eigenvalue weighted by molar-refractivity contribution is -0.124. The second-order valence-electron chi connectivity index (χ2n) is 23.6. The largest absolute Gasteiger partial charge is 0.496 e. The second kappa shape index (κ2) is 30.6. The molecule has 446 valence electrons. The molecular formula is C63H96N10O8. The van der Waals surface area contributed by atoms with Crippen molar-refractivity contribution in [1.29, 1.82) is 0 Å². The van der Waals surface area contributed by atoms with E-state index in [-0.39, 0.29) is 60.3 Å². The first kappa shape index (κ1) is 61.4. The average Bonchev–Trinajstić information content (AvgIpc) is 4.33. The molecule has 4 atom stereocenters. The van der Waals surface area contributed by atoms with Gasteiger partial charge >= 0.3 is 0 Å². The Hall–Kier alpha value is -5.69. The van der Waals surface area contributed by atoms with Gasteiger partial charge in [0.1, 0.15) is 34.9 Å². The maximum absolute atomic E-state index is 14.3. The minimum atomic E-state index is -1.11. The van der Waals surface area contributed by atoms with Crippen LogP contribution in [0.15, 0.2) is 48.5 Å². The minimum absolute atomic E-state index is 0.0186. The van der Waals surface area contributed by atoms with Gasteiger partial charge in [-0.3, -0.25) is 29.1 Å². The van der Waals surface area contributed by atoms with Gasteiger partial charge < -0.3 is 49.8 Å². The maximum Gasteiger partial charge on any atom is 0.272 e. The number of amides is 3. The van der Waals surface area contributed by atoms with Crippen LogP contribution in [0.1, 0.15) is 166 Å². The summed E-state index contributed by atoms with van der Waals surface area (Å²) in [6.45, 7) is 16.2. The van der Waals surface area contributed by atoms with Crippen molar-refractivity contribution in [3.8, 4) is 45.5 Å². The first-order valence-corrected chi connectivity index (χ1v) is 30.8. The number of aliphatic hydroxyl groups excluding tert-OH is 1. The zero-order chi connectivity index (χ0) is 57.3. The van der Waals surface area contributed by atoms with Gasteiger partial charge in [-0.1, -0.05) is 71.9 Å². The van der Waals surface area contributed by atoms with Crippen LogP contribution >= 0.6 is 0 Å². The first-order chi connectivity index (χ1) is 39.4. The van der Waals surface area contributed by atoms with Crippen molar-refractivity contribution in [3.05, 3.63) is 59.9 Å².